The summed E-state index contributed by atoms with van der Waals surface area (Å²) in [5.41, 5.74) is 4.12. The fraction of sp³-hybridized carbons (Fsp3) is 0.250. The van der Waals surface area contributed by atoms with Crippen molar-refractivity contribution in [1.29, 1.82) is 0 Å². The summed E-state index contributed by atoms with van der Waals surface area (Å²) in [6, 6.07) is 5.59. The molecule has 0 aliphatic carbocycles. The summed E-state index contributed by atoms with van der Waals surface area (Å²) < 4.78 is 0. The van der Waals surface area contributed by atoms with Crippen molar-refractivity contribution in [2.24, 2.45) is 0 Å². The number of phenols is 1. The van der Waals surface area contributed by atoms with E-state index in [0.29, 0.717) is 5.75 Å². The lowest BCUT2D eigenvalue weighted by Crippen LogP contribution is -1.90. The van der Waals surface area contributed by atoms with E-state index < -0.39 is 0 Å². The van der Waals surface area contributed by atoms with Crippen molar-refractivity contribution < 1.29 is 5.11 Å². The molecule has 2 heteroatoms. The Hall–Kier alpha value is -1.57. The average Bonchev–Trinajstić information content (AvgIpc) is 2.15. The number of nitrogens with zero attached hydrogens (tertiary/aromatic N) is 1. The summed E-state index contributed by atoms with van der Waals surface area (Å²) >= 11 is 0. The molecule has 0 fully saturated rings. The number of pyridine rings is 1. The van der Waals surface area contributed by atoms with Crippen LogP contribution in [0.3, 0.4) is 0 Å². The molecule has 0 spiro atoms. The molecule has 1 aromatic carbocycles. The first kappa shape index (κ1) is 9.00. The van der Waals surface area contributed by atoms with E-state index in [0.717, 1.165) is 27.7 Å². The largest absolute Gasteiger partial charge is 0.507 e. The van der Waals surface area contributed by atoms with Crippen molar-refractivity contribution in [3.63, 3.8) is 0 Å². The molecule has 0 saturated carbocycles. The van der Waals surface area contributed by atoms with Crippen molar-refractivity contribution in [2.45, 2.75) is 20.8 Å². The van der Waals surface area contributed by atoms with E-state index in [1.165, 1.54) is 0 Å². The third kappa shape index (κ3) is 1.23. The topological polar surface area (TPSA) is 33.1 Å². The molecule has 0 bridgehead atoms. The Morgan fingerprint density at radius 3 is 2.50 bits per heavy atom. The summed E-state index contributed by atoms with van der Waals surface area (Å²) in [5, 5.41) is 10.5. The highest BCUT2D eigenvalue weighted by Gasteiger charge is 2.05. The number of hydrogen-bond acceptors (Lipinski definition) is 2. The van der Waals surface area contributed by atoms with Gasteiger partial charge in [0.05, 0.1) is 5.52 Å². The van der Waals surface area contributed by atoms with Crippen molar-refractivity contribution in [1.82, 2.24) is 4.98 Å². The SMILES string of the molecule is Cc1cc2c(O)ccc(C)c2nc1C. The van der Waals surface area contributed by atoms with Gasteiger partial charge < -0.3 is 5.11 Å². The summed E-state index contributed by atoms with van der Waals surface area (Å²) in [5.74, 6) is 0.307. The van der Waals surface area contributed by atoms with E-state index in [1.807, 2.05) is 32.9 Å². The van der Waals surface area contributed by atoms with E-state index in [4.69, 9.17) is 0 Å². The molecule has 2 nitrogen and oxygen atoms in total. The van der Waals surface area contributed by atoms with Gasteiger partial charge in [-0.05, 0) is 44.0 Å². The highest BCUT2D eigenvalue weighted by molar-refractivity contribution is 5.88. The Morgan fingerprint density at radius 2 is 1.79 bits per heavy atom. The Morgan fingerprint density at radius 1 is 1.07 bits per heavy atom. The fourth-order valence-electron chi connectivity index (χ4n) is 1.57. The third-order valence-corrected chi connectivity index (χ3v) is 2.61. The molecule has 0 unspecified atom stereocenters. The lowest BCUT2D eigenvalue weighted by atomic mass is 10.1. The second-order valence-corrected chi connectivity index (χ2v) is 3.69. The third-order valence-electron chi connectivity index (χ3n) is 2.61. The Labute approximate surface area is 83.2 Å². The van der Waals surface area contributed by atoms with E-state index >= 15 is 0 Å². The maximum atomic E-state index is 9.67. The van der Waals surface area contributed by atoms with Crippen LogP contribution in [0.2, 0.25) is 0 Å². The lowest BCUT2D eigenvalue weighted by Gasteiger charge is -2.06. The number of phenolic OH excluding ortho intramolecular Hbond substituents is 1. The predicted molar refractivity (Wildman–Crippen MR) is 57.6 cm³/mol. The quantitative estimate of drug-likeness (QED) is 0.688. The molecule has 1 N–H and O–H groups in total. The first-order valence-corrected chi connectivity index (χ1v) is 4.66. The number of aromatic hydroxyl groups is 1. The fourth-order valence-corrected chi connectivity index (χ4v) is 1.57. The maximum Gasteiger partial charge on any atom is 0.125 e. The monoisotopic (exact) mass is 187 g/mol. The first-order valence-electron chi connectivity index (χ1n) is 4.66. The van der Waals surface area contributed by atoms with Gasteiger partial charge in [0.1, 0.15) is 5.75 Å². The van der Waals surface area contributed by atoms with Crippen LogP contribution < -0.4 is 0 Å². The van der Waals surface area contributed by atoms with Gasteiger partial charge in [0.25, 0.3) is 0 Å². The molecule has 1 aromatic heterocycles. The van der Waals surface area contributed by atoms with E-state index in [9.17, 15) is 5.11 Å². The van der Waals surface area contributed by atoms with Crippen molar-refractivity contribution in [3.8, 4) is 5.75 Å². The smallest absolute Gasteiger partial charge is 0.125 e. The van der Waals surface area contributed by atoms with Gasteiger partial charge in [-0.25, -0.2) is 0 Å². The van der Waals surface area contributed by atoms with Gasteiger partial charge in [0, 0.05) is 11.1 Å². The van der Waals surface area contributed by atoms with Crippen LogP contribution in [0.15, 0.2) is 18.2 Å². The molecule has 72 valence electrons. The number of aryl methyl sites for hydroxylation is 3. The second kappa shape index (κ2) is 2.98. The van der Waals surface area contributed by atoms with Crippen molar-refractivity contribution >= 4 is 10.9 Å². The number of rotatable bonds is 0. The molecule has 0 saturated heterocycles. The molecule has 0 radical (unpaired) electrons. The average molecular weight is 187 g/mol. The molecule has 0 aliphatic heterocycles. The zero-order valence-electron chi connectivity index (χ0n) is 8.63. The zero-order valence-corrected chi connectivity index (χ0v) is 8.63. The number of fused-ring (bicyclic) bond motifs is 1. The number of benzene rings is 1. The minimum absolute atomic E-state index is 0.307. The molecule has 0 atom stereocenters. The summed E-state index contributed by atoms with van der Waals surface area (Å²) in [6.07, 6.45) is 0. The second-order valence-electron chi connectivity index (χ2n) is 3.69. The normalized spacial score (nSPS) is 10.8. The van der Waals surface area contributed by atoms with Gasteiger partial charge in [0.2, 0.25) is 0 Å². The van der Waals surface area contributed by atoms with Crippen molar-refractivity contribution in [2.75, 3.05) is 0 Å². The van der Waals surface area contributed by atoms with Gasteiger partial charge in [-0.3, -0.25) is 4.98 Å². The van der Waals surface area contributed by atoms with E-state index in [1.54, 1.807) is 6.07 Å². The molecular formula is C12H13NO. The summed E-state index contributed by atoms with van der Waals surface area (Å²) in [6.45, 7) is 5.99. The van der Waals surface area contributed by atoms with Gasteiger partial charge >= 0.3 is 0 Å². The molecule has 14 heavy (non-hydrogen) atoms. The minimum Gasteiger partial charge on any atom is -0.507 e. The highest BCUT2D eigenvalue weighted by Crippen LogP contribution is 2.27. The van der Waals surface area contributed by atoms with Gasteiger partial charge in [-0.1, -0.05) is 6.07 Å². The van der Waals surface area contributed by atoms with Crippen LogP contribution in [0.25, 0.3) is 10.9 Å². The zero-order chi connectivity index (χ0) is 10.3. The minimum atomic E-state index is 0.307. The Bertz CT molecular complexity index is 457. The molecular weight excluding hydrogens is 174 g/mol. The van der Waals surface area contributed by atoms with Gasteiger partial charge in [0.15, 0.2) is 0 Å². The van der Waals surface area contributed by atoms with Crippen LogP contribution in [0.4, 0.5) is 0 Å². The van der Waals surface area contributed by atoms with Crippen LogP contribution in [-0.2, 0) is 0 Å². The lowest BCUT2D eigenvalue weighted by molar-refractivity contribution is 0.481. The predicted octanol–water partition coefficient (Wildman–Crippen LogP) is 2.87. The Kier molecular flexibility index (Phi) is 1.92. The number of hydrogen-bond donors (Lipinski definition) is 1. The molecule has 2 aromatic rings. The van der Waals surface area contributed by atoms with Crippen LogP contribution in [0.1, 0.15) is 16.8 Å². The summed E-state index contributed by atoms with van der Waals surface area (Å²) in [4.78, 5) is 4.48. The standard InChI is InChI=1S/C12H13NO/c1-7-4-5-11(14)10-6-8(2)9(3)13-12(7)10/h4-6,14H,1-3H3. The van der Waals surface area contributed by atoms with Gasteiger partial charge in [-0.2, -0.15) is 0 Å². The number of aromatic nitrogens is 1. The Balaban J connectivity index is 2.94. The van der Waals surface area contributed by atoms with Crippen LogP contribution in [0.5, 0.6) is 5.75 Å². The maximum absolute atomic E-state index is 9.67. The van der Waals surface area contributed by atoms with Crippen molar-refractivity contribution in [3.05, 3.63) is 35.0 Å². The van der Waals surface area contributed by atoms with Crippen LogP contribution >= 0.6 is 0 Å². The van der Waals surface area contributed by atoms with Crippen LogP contribution in [0, 0.1) is 20.8 Å². The molecule has 0 amide bonds. The first-order chi connectivity index (χ1) is 6.59. The van der Waals surface area contributed by atoms with Crippen LogP contribution in [-0.4, -0.2) is 10.1 Å². The van der Waals surface area contributed by atoms with E-state index in [-0.39, 0.29) is 0 Å². The molecule has 1 heterocycles. The molecule has 2 rings (SSSR count). The van der Waals surface area contributed by atoms with E-state index in [2.05, 4.69) is 4.98 Å². The summed E-state index contributed by atoms with van der Waals surface area (Å²) in [7, 11) is 0. The molecule has 0 aliphatic rings. The van der Waals surface area contributed by atoms with Gasteiger partial charge in [-0.15, -0.1) is 0 Å². The highest BCUT2D eigenvalue weighted by atomic mass is 16.3.